The largest absolute Gasteiger partial charge is 0.370 e. The molecule has 0 fully saturated rings. The van der Waals surface area contributed by atoms with Crippen molar-refractivity contribution in [1.82, 2.24) is 15.3 Å². The number of carbonyl (C=O) groups is 1. The highest BCUT2D eigenvalue weighted by Crippen LogP contribution is 2.22. The molecule has 0 unspecified atom stereocenters. The Morgan fingerprint density at radius 1 is 1.24 bits per heavy atom. The van der Waals surface area contributed by atoms with Crippen LogP contribution in [-0.4, -0.2) is 42.6 Å². The molecule has 0 bridgehead atoms. The maximum atomic E-state index is 11.9. The van der Waals surface area contributed by atoms with Crippen molar-refractivity contribution in [2.24, 2.45) is 0 Å². The number of aromatic nitrogens is 2. The molecule has 0 aliphatic heterocycles. The predicted molar refractivity (Wildman–Crippen MR) is 86.9 cm³/mol. The zero-order valence-corrected chi connectivity index (χ0v) is 13.8. The van der Waals surface area contributed by atoms with E-state index in [4.69, 9.17) is 0 Å². The number of carbonyl (C=O) groups excluding carboxylic acids is 1. The highest BCUT2D eigenvalue weighted by atomic mass is 16.2. The fraction of sp³-hybridized carbons (Fsp3) is 0.667. The summed E-state index contributed by atoms with van der Waals surface area (Å²) in [5.74, 6) is 2.46. The standard InChI is InChI=1S/C15H27N5O/c1-6-9-17-13(21)10-20(5)15-11(4)14(16-8-3)18-12(7-2)19-15/h6-10H2,1-5H3,(H,17,21)(H,16,18,19). The second kappa shape index (κ2) is 8.44. The Morgan fingerprint density at radius 3 is 2.52 bits per heavy atom. The lowest BCUT2D eigenvalue weighted by atomic mass is 10.2. The van der Waals surface area contributed by atoms with Crippen LogP contribution in [0, 0.1) is 6.92 Å². The number of anilines is 2. The van der Waals surface area contributed by atoms with E-state index >= 15 is 0 Å². The molecule has 0 radical (unpaired) electrons. The predicted octanol–water partition coefficient (Wildman–Crippen LogP) is 1.74. The smallest absolute Gasteiger partial charge is 0.239 e. The highest BCUT2D eigenvalue weighted by molar-refractivity contribution is 5.81. The van der Waals surface area contributed by atoms with E-state index < -0.39 is 0 Å². The van der Waals surface area contributed by atoms with Crippen molar-refractivity contribution in [3.05, 3.63) is 11.4 Å². The summed E-state index contributed by atoms with van der Waals surface area (Å²) in [7, 11) is 1.88. The minimum absolute atomic E-state index is 0.0143. The second-order valence-corrected chi connectivity index (χ2v) is 5.03. The van der Waals surface area contributed by atoms with E-state index in [0.717, 1.165) is 42.4 Å². The third-order valence-electron chi connectivity index (χ3n) is 3.14. The molecule has 2 N–H and O–H groups in total. The number of rotatable bonds is 8. The Hall–Kier alpha value is -1.85. The molecule has 1 aromatic rings. The lowest BCUT2D eigenvalue weighted by molar-refractivity contribution is -0.119. The Morgan fingerprint density at radius 2 is 1.95 bits per heavy atom. The molecule has 1 amide bonds. The van der Waals surface area contributed by atoms with E-state index in [-0.39, 0.29) is 5.91 Å². The molecule has 1 rings (SSSR count). The highest BCUT2D eigenvalue weighted by Gasteiger charge is 2.15. The van der Waals surface area contributed by atoms with E-state index in [1.54, 1.807) is 0 Å². The van der Waals surface area contributed by atoms with Crippen LogP contribution in [0.25, 0.3) is 0 Å². The fourth-order valence-electron chi connectivity index (χ4n) is 2.03. The van der Waals surface area contributed by atoms with E-state index in [1.165, 1.54) is 0 Å². The van der Waals surface area contributed by atoms with Crippen molar-refractivity contribution in [3.63, 3.8) is 0 Å². The van der Waals surface area contributed by atoms with Gasteiger partial charge in [0.1, 0.15) is 17.5 Å². The van der Waals surface area contributed by atoms with Gasteiger partial charge < -0.3 is 15.5 Å². The van der Waals surface area contributed by atoms with E-state index in [1.807, 2.05) is 39.6 Å². The average Bonchev–Trinajstić information content (AvgIpc) is 2.47. The Kier molecular flexibility index (Phi) is 6.91. The van der Waals surface area contributed by atoms with Gasteiger partial charge in [0, 0.05) is 32.1 Å². The van der Waals surface area contributed by atoms with Gasteiger partial charge in [-0.25, -0.2) is 9.97 Å². The van der Waals surface area contributed by atoms with Gasteiger partial charge in [0.2, 0.25) is 5.91 Å². The zero-order chi connectivity index (χ0) is 15.8. The monoisotopic (exact) mass is 293 g/mol. The molecule has 0 aliphatic carbocycles. The van der Waals surface area contributed by atoms with Gasteiger partial charge in [0.15, 0.2) is 0 Å². The Bertz CT molecular complexity index is 475. The van der Waals surface area contributed by atoms with Gasteiger partial charge in [-0.3, -0.25) is 4.79 Å². The number of likely N-dealkylation sites (N-methyl/N-ethyl adjacent to an activating group) is 1. The van der Waals surface area contributed by atoms with Crippen LogP contribution in [0.4, 0.5) is 11.6 Å². The topological polar surface area (TPSA) is 70.2 Å². The van der Waals surface area contributed by atoms with E-state index in [0.29, 0.717) is 13.1 Å². The Labute approximate surface area is 127 Å². The van der Waals surface area contributed by atoms with Crippen LogP contribution in [0.3, 0.4) is 0 Å². The molecule has 118 valence electrons. The van der Waals surface area contributed by atoms with Gasteiger partial charge in [-0.15, -0.1) is 0 Å². The van der Waals surface area contributed by atoms with Gasteiger partial charge >= 0.3 is 0 Å². The van der Waals surface area contributed by atoms with Crippen LogP contribution in [-0.2, 0) is 11.2 Å². The van der Waals surface area contributed by atoms with Gasteiger partial charge in [0.05, 0.1) is 6.54 Å². The molecule has 0 saturated carbocycles. The third kappa shape index (κ3) is 4.88. The lowest BCUT2D eigenvalue weighted by Crippen LogP contribution is -2.36. The van der Waals surface area contributed by atoms with Crippen molar-refractivity contribution in [1.29, 1.82) is 0 Å². The molecule has 6 nitrogen and oxygen atoms in total. The quantitative estimate of drug-likeness (QED) is 0.764. The summed E-state index contributed by atoms with van der Waals surface area (Å²) in [5.41, 5.74) is 0.972. The summed E-state index contributed by atoms with van der Waals surface area (Å²) in [6.45, 7) is 9.89. The SMILES string of the molecule is CCCNC(=O)CN(C)c1nc(CC)nc(NCC)c1C. The first-order valence-corrected chi connectivity index (χ1v) is 7.62. The fourth-order valence-corrected chi connectivity index (χ4v) is 2.03. The van der Waals surface area contributed by atoms with Gasteiger partial charge in [-0.1, -0.05) is 13.8 Å². The third-order valence-corrected chi connectivity index (χ3v) is 3.14. The first kappa shape index (κ1) is 17.2. The van der Waals surface area contributed by atoms with Gasteiger partial charge in [-0.2, -0.15) is 0 Å². The van der Waals surface area contributed by atoms with Crippen molar-refractivity contribution >= 4 is 17.5 Å². The van der Waals surface area contributed by atoms with Crippen LogP contribution in [0.5, 0.6) is 0 Å². The minimum Gasteiger partial charge on any atom is -0.370 e. The normalized spacial score (nSPS) is 10.3. The van der Waals surface area contributed by atoms with Crippen molar-refractivity contribution in [2.75, 3.05) is 36.9 Å². The van der Waals surface area contributed by atoms with Gasteiger partial charge in [-0.05, 0) is 20.3 Å². The first-order valence-electron chi connectivity index (χ1n) is 7.62. The summed E-state index contributed by atoms with van der Waals surface area (Å²) in [6.07, 6.45) is 1.70. The summed E-state index contributed by atoms with van der Waals surface area (Å²) < 4.78 is 0. The van der Waals surface area contributed by atoms with Crippen molar-refractivity contribution in [2.45, 2.75) is 40.5 Å². The van der Waals surface area contributed by atoms with Crippen LogP contribution >= 0.6 is 0 Å². The number of nitrogens with one attached hydrogen (secondary N) is 2. The molecule has 0 atom stereocenters. The number of amides is 1. The van der Waals surface area contributed by atoms with Crippen molar-refractivity contribution < 1.29 is 4.79 Å². The molecule has 0 saturated heterocycles. The van der Waals surface area contributed by atoms with E-state index in [2.05, 4.69) is 20.6 Å². The summed E-state index contributed by atoms with van der Waals surface area (Å²) >= 11 is 0. The lowest BCUT2D eigenvalue weighted by Gasteiger charge is -2.22. The summed E-state index contributed by atoms with van der Waals surface area (Å²) in [4.78, 5) is 22.8. The van der Waals surface area contributed by atoms with Crippen LogP contribution in [0.15, 0.2) is 0 Å². The summed E-state index contributed by atoms with van der Waals surface area (Å²) in [6, 6.07) is 0. The Balaban J connectivity index is 2.94. The number of hydrogen-bond acceptors (Lipinski definition) is 5. The molecule has 6 heteroatoms. The van der Waals surface area contributed by atoms with Crippen LogP contribution < -0.4 is 15.5 Å². The first-order chi connectivity index (χ1) is 10.0. The molecule has 0 spiro atoms. The maximum absolute atomic E-state index is 11.9. The molecule has 1 aromatic heterocycles. The zero-order valence-electron chi connectivity index (χ0n) is 13.8. The summed E-state index contributed by atoms with van der Waals surface area (Å²) in [5, 5.41) is 6.14. The maximum Gasteiger partial charge on any atom is 0.239 e. The number of nitrogens with zero attached hydrogens (tertiary/aromatic N) is 3. The van der Waals surface area contributed by atoms with Crippen LogP contribution in [0.2, 0.25) is 0 Å². The minimum atomic E-state index is 0.0143. The van der Waals surface area contributed by atoms with Crippen LogP contribution in [0.1, 0.15) is 38.6 Å². The molecular weight excluding hydrogens is 266 g/mol. The molecule has 21 heavy (non-hydrogen) atoms. The van der Waals surface area contributed by atoms with Gasteiger partial charge in [0.25, 0.3) is 0 Å². The van der Waals surface area contributed by atoms with Crippen molar-refractivity contribution in [3.8, 4) is 0 Å². The molecule has 1 heterocycles. The molecule has 0 aromatic carbocycles. The second-order valence-electron chi connectivity index (χ2n) is 5.03. The average molecular weight is 293 g/mol. The molecule has 0 aliphatic rings. The number of hydrogen-bond donors (Lipinski definition) is 2. The van der Waals surface area contributed by atoms with E-state index in [9.17, 15) is 4.79 Å². The number of aryl methyl sites for hydroxylation is 1. The molecular formula is C15H27N5O.